The fourth-order valence-electron chi connectivity index (χ4n) is 9.94. The van der Waals surface area contributed by atoms with Gasteiger partial charge in [-0.1, -0.05) is 12.1 Å². The number of rotatable bonds is 5. The maximum absolute atomic E-state index is 15.0. The Morgan fingerprint density at radius 2 is 1.86 bits per heavy atom. The largest absolute Gasteiger partial charge is 0.497 e. The molecule has 3 aliphatic carbocycles. The lowest BCUT2D eigenvalue weighted by Gasteiger charge is -2.53. The van der Waals surface area contributed by atoms with Gasteiger partial charge in [0.2, 0.25) is 0 Å². The van der Waals surface area contributed by atoms with E-state index in [0.717, 1.165) is 31.4 Å². The monoisotopic (exact) mass is 596 g/mol. The second-order valence-electron chi connectivity index (χ2n) is 14.7. The van der Waals surface area contributed by atoms with Gasteiger partial charge in [-0.25, -0.2) is 0 Å². The number of fused-ring (bicyclic) bond motifs is 7. The molecule has 0 aromatic heterocycles. The Morgan fingerprint density at radius 3 is 2.60 bits per heavy atom. The second-order valence-corrected chi connectivity index (χ2v) is 14.7. The fraction of sp³-hybridized carbons (Fsp3) is 0.735. The lowest BCUT2D eigenvalue weighted by molar-refractivity contribution is -0.237. The van der Waals surface area contributed by atoms with Crippen LogP contribution in [-0.4, -0.2) is 74.2 Å². The highest BCUT2D eigenvalue weighted by molar-refractivity contribution is 5.80. The SMILES string of the molecule is C=C[C@H]1CC[C@@H]2[C@@H]3CCc4ccc(OC)cc4[C@@H]3[C@@]3(C(=O)O[C@@H]4[C@H]5OC(C)(C)O[C@H]5O[C@@H]4[C@H]4COC(C)(C)O4)CO[C@]21C3. The van der Waals surface area contributed by atoms with Crippen LogP contribution in [0.3, 0.4) is 0 Å². The van der Waals surface area contributed by atoms with Gasteiger partial charge in [0.1, 0.15) is 23.4 Å². The van der Waals surface area contributed by atoms with Gasteiger partial charge in [-0.15, -0.1) is 6.58 Å². The maximum atomic E-state index is 15.0. The number of ether oxygens (including phenoxy) is 8. The molecule has 4 heterocycles. The van der Waals surface area contributed by atoms with Crippen molar-refractivity contribution in [3.8, 4) is 5.75 Å². The minimum atomic E-state index is -0.863. The molecule has 43 heavy (non-hydrogen) atoms. The summed E-state index contributed by atoms with van der Waals surface area (Å²) in [6, 6.07) is 6.33. The zero-order valence-corrected chi connectivity index (χ0v) is 25.8. The Balaban J connectivity index is 1.19. The molecule has 0 amide bonds. The molecule has 6 fully saturated rings. The molecule has 8 rings (SSSR count). The van der Waals surface area contributed by atoms with E-state index in [1.807, 2.05) is 33.8 Å². The van der Waals surface area contributed by atoms with Gasteiger partial charge >= 0.3 is 5.97 Å². The van der Waals surface area contributed by atoms with Crippen molar-refractivity contribution in [3.05, 3.63) is 42.0 Å². The summed E-state index contributed by atoms with van der Waals surface area (Å²) in [5.74, 6) is -0.228. The molecule has 11 atom stereocenters. The first-order valence-corrected chi connectivity index (χ1v) is 16.0. The number of aryl methyl sites for hydroxylation is 1. The molecule has 234 valence electrons. The van der Waals surface area contributed by atoms with Gasteiger partial charge in [-0.2, -0.15) is 0 Å². The zero-order chi connectivity index (χ0) is 29.9. The quantitative estimate of drug-likeness (QED) is 0.356. The van der Waals surface area contributed by atoms with Gasteiger partial charge in [-0.3, -0.25) is 4.79 Å². The van der Waals surface area contributed by atoms with Crippen LogP contribution in [0.5, 0.6) is 5.75 Å². The van der Waals surface area contributed by atoms with E-state index < -0.39 is 53.3 Å². The Morgan fingerprint density at radius 1 is 1.02 bits per heavy atom. The highest BCUT2D eigenvalue weighted by Crippen LogP contribution is 2.70. The van der Waals surface area contributed by atoms with E-state index in [-0.39, 0.29) is 17.8 Å². The van der Waals surface area contributed by atoms with Crippen molar-refractivity contribution in [1.29, 1.82) is 0 Å². The predicted octanol–water partition coefficient (Wildman–Crippen LogP) is 4.65. The molecule has 4 saturated heterocycles. The minimum absolute atomic E-state index is 0.0400. The van der Waals surface area contributed by atoms with Gasteiger partial charge in [0.05, 0.1) is 25.9 Å². The van der Waals surface area contributed by atoms with Crippen molar-refractivity contribution in [1.82, 2.24) is 0 Å². The van der Waals surface area contributed by atoms with Crippen LogP contribution < -0.4 is 4.74 Å². The van der Waals surface area contributed by atoms with Gasteiger partial charge in [-0.05, 0) is 94.9 Å². The number of hydrogen-bond acceptors (Lipinski definition) is 9. The maximum Gasteiger partial charge on any atom is 0.315 e. The summed E-state index contributed by atoms with van der Waals surface area (Å²) in [5, 5.41) is 0. The Labute approximate surface area is 253 Å². The van der Waals surface area contributed by atoms with E-state index >= 15 is 0 Å². The number of carbonyl (C=O) groups excluding carboxylic acids is 1. The minimum Gasteiger partial charge on any atom is -0.497 e. The summed E-state index contributed by atoms with van der Waals surface area (Å²) >= 11 is 0. The molecule has 2 saturated carbocycles. The molecular weight excluding hydrogens is 552 g/mol. The highest BCUT2D eigenvalue weighted by atomic mass is 16.9. The van der Waals surface area contributed by atoms with E-state index in [9.17, 15) is 4.79 Å². The molecule has 1 aromatic rings. The molecular formula is C34H44O9. The summed E-state index contributed by atoms with van der Waals surface area (Å²) in [6.07, 6.45) is 3.78. The topological polar surface area (TPSA) is 90.9 Å². The van der Waals surface area contributed by atoms with Gasteiger partial charge in [0.15, 0.2) is 30.1 Å². The van der Waals surface area contributed by atoms with E-state index in [4.69, 9.17) is 37.9 Å². The summed E-state index contributed by atoms with van der Waals surface area (Å²) < 4.78 is 50.1. The summed E-state index contributed by atoms with van der Waals surface area (Å²) in [7, 11) is 1.69. The lowest BCUT2D eigenvalue weighted by Crippen LogP contribution is -2.56. The van der Waals surface area contributed by atoms with Crippen molar-refractivity contribution in [3.63, 3.8) is 0 Å². The van der Waals surface area contributed by atoms with Crippen LogP contribution in [0.4, 0.5) is 0 Å². The van der Waals surface area contributed by atoms with Crippen molar-refractivity contribution in [2.75, 3.05) is 20.3 Å². The zero-order valence-electron chi connectivity index (χ0n) is 25.8. The molecule has 0 unspecified atom stereocenters. The standard InChI is InChI=1S/C34H44O9/c1-7-19-10-13-23-21-12-9-18-8-11-20(36-6)14-22(18)25(21)33(16-34(19,23)38-17-33)30(35)40-27-26(24-15-37-31(2,3)41-24)39-29-28(27)42-32(4,5)43-29/h7-8,11,14,19,21,23-29H,1,9-10,12-13,15-17H2,2-6H3/t19-,21-,23+,24+,25+,26+,27-,28+,29+,33-,34-/m0/s1. The summed E-state index contributed by atoms with van der Waals surface area (Å²) in [6.45, 7) is 12.3. The van der Waals surface area contributed by atoms with Gasteiger partial charge in [0.25, 0.3) is 0 Å². The van der Waals surface area contributed by atoms with Crippen LogP contribution in [0.15, 0.2) is 30.9 Å². The van der Waals surface area contributed by atoms with Crippen LogP contribution >= 0.6 is 0 Å². The first-order valence-electron chi connectivity index (χ1n) is 16.0. The average Bonchev–Trinajstić information content (AvgIpc) is 3.76. The number of benzene rings is 1. The molecule has 0 radical (unpaired) electrons. The molecule has 2 bridgehead atoms. The third kappa shape index (κ3) is 4.08. The third-order valence-electron chi connectivity index (χ3n) is 11.6. The number of esters is 1. The van der Waals surface area contributed by atoms with Crippen LogP contribution in [0.1, 0.15) is 70.4 Å². The van der Waals surface area contributed by atoms with Crippen molar-refractivity contribution < 1.29 is 42.7 Å². The number of carbonyl (C=O) groups is 1. The molecule has 9 heteroatoms. The van der Waals surface area contributed by atoms with E-state index in [1.54, 1.807) is 7.11 Å². The van der Waals surface area contributed by atoms with Gasteiger partial charge < -0.3 is 37.9 Å². The van der Waals surface area contributed by atoms with Crippen LogP contribution in [0.25, 0.3) is 0 Å². The first kappa shape index (κ1) is 28.5. The van der Waals surface area contributed by atoms with E-state index in [0.29, 0.717) is 31.5 Å². The van der Waals surface area contributed by atoms with Crippen LogP contribution in [0.2, 0.25) is 0 Å². The smallest absolute Gasteiger partial charge is 0.315 e. The molecule has 4 aliphatic heterocycles. The Kier molecular flexibility index (Phi) is 6.29. The van der Waals surface area contributed by atoms with Crippen molar-refractivity contribution >= 4 is 5.97 Å². The Hall–Kier alpha value is -2.01. The molecule has 1 spiro atoms. The molecule has 1 aromatic carbocycles. The lowest BCUT2D eigenvalue weighted by atomic mass is 9.50. The third-order valence-corrected chi connectivity index (χ3v) is 11.6. The van der Waals surface area contributed by atoms with Gasteiger partial charge in [0, 0.05) is 11.8 Å². The molecule has 9 nitrogen and oxygen atoms in total. The number of hydrogen-bond donors (Lipinski definition) is 0. The number of methoxy groups -OCH3 is 1. The normalized spacial score (nSPS) is 46.5. The Bertz CT molecular complexity index is 1320. The van der Waals surface area contributed by atoms with E-state index in [1.165, 1.54) is 11.1 Å². The summed E-state index contributed by atoms with van der Waals surface area (Å²) in [5.41, 5.74) is 1.22. The highest BCUT2D eigenvalue weighted by Gasteiger charge is 2.73. The van der Waals surface area contributed by atoms with E-state index in [2.05, 4.69) is 24.8 Å². The van der Waals surface area contributed by atoms with Crippen molar-refractivity contribution in [2.24, 2.45) is 23.2 Å². The first-order chi connectivity index (χ1) is 20.5. The predicted molar refractivity (Wildman–Crippen MR) is 153 cm³/mol. The van der Waals surface area contributed by atoms with Crippen molar-refractivity contribution in [2.45, 2.75) is 114 Å². The summed E-state index contributed by atoms with van der Waals surface area (Å²) in [4.78, 5) is 15.0. The van der Waals surface area contributed by atoms with Crippen LogP contribution in [-0.2, 0) is 44.4 Å². The second kappa shape index (κ2) is 9.50. The molecule has 0 N–H and O–H groups in total. The average molecular weight is 597 g/mol. The van der Waals surface area contributed by atoms with Crippen LogP contribution in [0, 0.1) is 23.2 Å². The molecule has 7 aliphatic rings. The fourth-order valence-corrected chi connectivity index (χ4v) is 9.94.